The van der Waals surface area contributed by atoms with Crippen molar-refractivity contribution < 1.29 is 18.0 Å². The van der Waals surface area contributed by atoms with Gasteiger partial charge in [-0.2, -0.15) is 0 Å². The highest BCUT2D eigenvalue weighted by Gasteiger charge is 2.15. The fourth-order valence-corrected chi connectivity index (χ4v) is 3.79. The molecule has 0 radical (unpaired) electrons. The number of rotatable bonds is 9. The maximum atomic E-state index is 12.2. The molecule has 0 heterocycles. The molecule has 28 heavy (non-hydrogen) atoms. The standard InChI is InChI=1S/C20H25N3O4S/c1-15(2)23-28(26,27)18-10-6-7-16(13-18)14-22-19(24)11-12-21-20(25)17-8-4-3-5-9-17/h3-10,13,15,23H,11-12,14H2,1-2H3,(H,21,25)(H,22,24). The Morgan fingerprint density at radius 2 is 1.68 bits per heavy atom. The Hall–Kier alpha value is -2.71. The van der Waals surface area contributed by atoms with Crippen LogP contribution in [0.25, 0.3) is 0 Å². The molecule has 0 aliphatic heterocycles. The van der Waals surface area contributed by atoms with Gasteiger partial charge in [-0.1, -0.05) is 30.3 Å². The van der Waals surface area contributed by atoms with Crippen molar-refractivity contribution >= 4 is 21.8 Å². The molecule has 0 saturated carbocycles. The average Bonchev–Trinajstić information content (AvgIpc) is 2.66. The summed E-state index contributed by atoms with van der Waals surface area (Å²) in [5.74, 6) is -0.467. The van der Waals surface area contributed by atoms with Crippen LogP contribution in [0.1, 0.15) is 36.2 Å². The summed E-state index contributed by atoms with van der Waals surface area (Å²) in [6.45, 7) is 3.92. The fourth-order valence-electron chi connectivity index (χ4n) is 2.47. The molecule has 0 bridgehead atoms. The van der Waals surface area contributed by atoms with Crippen molar-refractivity contribution in [2.75, 3.05) is 6.54 Å². The zero-order chi connectivity index (χ0) is 20.6. The van der Waals surface area contributed by atoms with Crippen molar-refractivity contribution in [1.29, 1.82) is 0 Å². The first-order valence-corrected chi connectivity index (χ1v) is 10.5. The van der Waals surface area contributed by atoms with Crippen LogP contribution in [0.5, 0.6) is 0 Å². The summed E-state index contributed by atoms with van der Waals surface area (Å²) in [5, 5.41) is 5.41. The molecule has 2 amide bonds. The van der Waals surface area contributed by atoms with E-state index in [2.05, 4.69) is 15.4 Å². The lowest BCUT2D eigenvalue weighted by molar-refractivity contribution is -0.121. The van der Waals surface area contributed by atoms with Gasteiger partial charge in [-0.15, -0.1) is 0 Å². The maximum Gasteiger partial charge on any atom is 0.251 e. The Morgan fingerprint density at radius 1 is 0.964 bits per heavy atom. The van der Waals surface area contributed by atoms with E-state index in [4.69, 9.17) is 0 Å². The molecule has 0 atom stereocenters. The van der Waals surface area contributed by atoms with Crippen molar-refractivity contribution in [1.82, 2.24) is 15.4 Å². The minimum absolute atomic E-state index is 0.130. The van der Waals surface area contributed by atoms with Gasteiger partial charge in [-0.3, -0.25) is 9.59 Å². The smallest absolute Gasteiger partial charge is 0.251 e. The largest absolute Gasteiger partial charge is 0.352 e. The van der Waals surface area contributed by atoms with E-state index in [-0.39, 0.29) is 42.3 Å². The van der Waals surface area contributed by atoms with Crippen LogP contribution in [0.2, 0.25) is 0 Å². The van der Waals surface area contributed by atoms with Crippen LogP contribution in [0.15, 0.2) is 59.5 Å². The number of amides is 2. The Bertz CT molecular complexity index is 912. The highest BCUT2D eigenvalue weighted by molar-refractivity contribution is 7.89. The lowest BCUT2D eigenvalue weighted by Crippen LogP contribution is -2.31. The van der Waals surface area contributed by atoms with Gasteiger partial charge in [-0.25, -0.2) is 13.1 Å². The summed E-state index contributed by atoms with van der Waals surface area (Å²) in [6, 6.07) is 15.0. The van der Waals surface area contributed by atoms with Gasteiger partial charge < -0.3 is 10.6 Å². The van der Waals surface area contributed by atoms with Gasteiger partial charge in [0.2, 0.25) is 15.9 Å². The SMILES string of the molecule is CC(C)NS(=O)(=O)c1cccc(CNC(=O)CCNC(=O)c2ccccc2)c1. The van der Waals surface area contributed by atoms with Crippen molar-refractivity contribution in [3.8, 4) is 0 Å². The molecule has 0 aliphatic rings. The van der Waals surface area contributed by atoms with E-state index in [1.54, 1.807) is 50.2 Å². The van der Waals surface area contributed by atoms with Crippen LogP contribution < -0.4 is 15.4 Å². The molecule has 150 valence electrons. The molecule has 2 aromatic carbocycles. The van der Waals surface area contributed by atoms with Gasteiger partial charge in [0.25, 0.3) is 5.91 Å². The molecule has 0 unspecified atom stereocenters. The second-order valence-electron chi connectivity index (χ2n) is 6.57. The topological polar surface area (TPSA) is 104 Å². The Kier molecular flexibility index (Phi) is 7.71. The van der Waals surface area contributed by atoms with E-state index in [9.17, 15) is 18.0 Å². The first-order valence-electron chi connectivity index (χ1n) is 8.99. The molecule has 0 aromatic heterocycles. The third kappa shape index (κ3) is 6.79. The Labute approximate surface area is 165 Å². The van der Waals surface area contributed by atoms with Crippen LogP contribution in [0.4, 0.5) is 0 Å². The van der Waals surface area contributed by atoms with E-state index in [0.29, 0.717) is 11.1 Å². The quantitative estimate of drug-likeness (QED) is 0.594. The number of carbonyl (C=O) groups excluding carboxylic acids is 2. The lowest BCUT2D eigenvalue weighted by Gasteiger charge is -2.11. The van der Waals surface area contributed by atoms with Crippen molar-refractivity contribution in [3.63, 3.8) is 0 Å². The zero-order valence-corrected chi connectivity index (χ0v) is 16.8. The molecule has 0 spiro atoms. The van der Waals surface area contributed by atoms with Crippen LogP contribution >= 0.6 is 0 Å². The number of hydrogen-bond donors (Lipinski definition) is 3. The molecule has 3 N–H and O–H groups in total. The summed E-state index contributed by atoms with van der Waals surface area (Å²) >= 11 is 0. The second-order valence-corrected chi connectivity index (χ2v) is 8.29. The summed E-state index contributed by atoms with van der Waals surface area (Å²) in [5.41, 5.74) is 1.21. The highest BCUT2D eigenvalue weighted by Crippen LogP contribution is 2.12. The Balaban J connectivity index is 1.81. The molecule has 8 heteroatoms. The number of sulfonamides is 1. The van der Waals surface area contributed by atoms with Gasteiger partial charge in [0, 0.05) is 31.1 Å². The van der Waals surface area contributed by atoms with Crippen LogP contribution in [0.3, 0.4) is 0 Å². The van der Waals surface area contributed by atoms with Crippen molar-refractivity contribution in [3.05, 3.63) is 65.7 Å². The van der Waals surface area contributed by atoms with Gasteiger partial charge in [-0.05, 0) is 43.7 Å². The summed E-state index contributed by atoms with van der Waals surface area (Å²) in [6.07, 6.45) is 0.130. The van der Waals surface area contributed by atoms with Gasteiger partial charge in [0.05, 0.1) is 4.90 Å². The maximum absolute atomic E-state index is 12.2. The minimum atomic E-state index is -3.58. The normalized spacial score (nSPS) is 11.2. The van der Waals surface area contributed by atoms with Crippen molar-refractivity contribution in [2.45, 2.75) is 37.8 Å². The van der Waals surface area contributed by atoms with E-state index in [1.807, 2.05) is 6.07 Å². The third-order valence-electron chi connectivity index (χ3n) is 3.76. The monoisotopic (exact) mass is 403 g/mol. The predicted molar refractivity (Wildman–Crippen MR) is 107 cm³/mol. The molecule has 0 fully saturated rings. The third-order valence-corrected chi connectivity index (χ3v) is 5.42. The second kappa shape index (κ2) is 10.0. The minimum Gasteiger partial charge on any atom is -0.352 e. The lowest BCUT2D eigenvalue weighted by atomic mass is 10.2. The summed E-state index contributed by atoms with van der Waals surface area (Å²) in [7, 11) is -3.58. The van der Waals surface area contributed by atoms with Gasteiger partial charge >= 0.3 is 0 Å². The summed E-state index contributed by atoms with van der Waals surface area (Å²) in [4.78, 5) is 24.0. The molecule has 2 aromatic rings. The van der Waals surface area contributed by atoms with Crippen LogP contribution in [-0.2, 0) is 21.4 Å². The fraction of sp³-hybridized carbons (Fsp3) is 0.300. The first-order chi connectivity index (χ1) is 13.3. The van der Waals surface area contributed by atoms with Crippen LogP contribution in [0, 0.1) is 0 Å². The summed E-state index contributed by atoms with van der Waals surface area (Å²) < 4.78 is 27.0. The number of nitrogens with one attached hydrogen (secondary N) is 3. The number of carbonyl (C=O) groups is 2. The Morgan fingerprint density at radius 3 is 2.36 bits per heavy atom. The zero-order valence-electron chi connectivity index (χ0n) is 15.9. The van der Waals surface area contributed by atoms with E-state index in [0.717, 1.165) is 0 Å². The molecule has 0 aliphatic carbocycles. The van der Waals surface area contributed by atoms with Crippen LogP contribution in [-0.4, -0.2) is 32.8 Å². The molecule has 0 saturated heterocycles. The average molecular weight is 404 g/mol. The van der Waals surface area contributed by atoms with E-state index >= 15 is 0 Å². The molecular weight excluding hydrogens is 378 g/mol. The van der Waals surface area contributed by atoms with E-state index in [1.165, 1.54) is 12.1 Å². The molecule has 2 rings (SSSR count). The van der Waals surface area contributed by atoms with Crippen molar-refractivity contribution in [2.24, 2.45) is 0 Å². The highest BCUT2D eigenvalue weighted by atomic mass is 32.2. The van der Waals surface area contributed by atoms with Gasteiger partial charge in [0.1, 0.15) is 0 Å². The number of benzene rings is 2. The predicted octanol–water partition coefficient (Wildman–Crippen LogP) is 1.81. The number of hydrogen-bond acceptors (Lipinski definition) is 4. The van der Waals surface area contributed by atoms with Gasteiger partial charge in [0.15, 0.2) is 0 Å². The molecular formula is C20H25N3O4S. The van der Waals surface area contributed by atoms with E-state index < -0.39 is 10.0 Å². The molecule has 7 nitrogen and oxygen atoms in total. The first kappa shape index (κ1) is 21.6.